The number of carbonyl (C=O) groups is 1. The zero-order valence-electron chi connectivity index (χ0n) is 10.8. The van der Waals surface area contributed by atoms with Crippen LogP contribution in [0.15, 0.2) is 12.2 Å². The molecule has 0 bridgehead atoms. The van der Waals surface area contributed by atoms with Crippen molar-refractivity contribution in [2.45, 2.75) is 65.2 Å². The third kappa shape index (κ3) is 13.2. The van der Waals surface area contributed by atoms with E-state index in [1.165, 1.54) is 51.9 Å². The maximum Gasteiger partial charge on any atom is 0.302 e. The Hall–Kier alpha value is -0.790. The molecule has 0 N–H and O–H groups in total. The van der Waals surface area contributed by atoms with Gasteiger partial charge in [-0.25, -0.2) is 0 Å². The number of ether oxygens (including phenoxy) is 1. The van der Waals surface area contributed by atoms with Gasteiger partial charge in [0, 0.05) is 6.92 Å². The van der Waals surface area contributed by atoms with Crippen molar-refractivity contribution in [1.29, 1.82) is 0 Å². The number of hydrogen-bond donors (Lipinski definition) is 0. The second-order valence-electron chi connectivity index (χ2n) is 4.16. The van der Waals surface area contributed by atoms with Crippen LogP contribution in [-0.2, 0) is 9.53 Å². The predicted molar refractivity (Wildman–Crippen MR) is 68.4 cm³/mol. The molecule has 0 rings (SSSR count). The maximum atomic E-state index is 10.5. The van der Waals surface area contributed by atoms with Crippen LogP contribution in [0.3, 0.4) is 0 Å². The van der Waals surface area contributed by atoms with Gasteiger partial charge in [0.15, 0.2) is 0 Å². The minimum Gasteiger partial charge on any atom is -0.466 e. The van der Waals surface area contributed by atoms with Gasteiger partial charge in [-0.3, -0.25) is 4.79 Å². The first-order valence-corrected chi connectivity index (χ1v) is 6.55. The first-order valence-electron chi connectivity index (χ1n) is 6.55. The zero-order valence-corrected chi connectivity index (χ0v) is 10.8. The van der Waals surface area contributed by atoms with E-state index in [-0.39, 0.29) is 5.97 Å². The van der Waals surface area contributed by atoms with E-state index in [9.17, 15) is 4.79 Å². The Balaban J connectivity index is 3.01. The van der Waals surface area contributed by atoms with E-state index >= 15 is 0 Å². The number of esters is 1. The topological polar surface area (TPSA) is 26.3 Å². The summed E-state index contributed by atoms with van der Waals surface area (Å²) in [4.78, 5) is 10.5. The molecule has 16 heavy (non-hydrogen) atoms. The lowest BCUT2D eigenvalue weighted by Gasteiger charge is -2.01. The van der Waals surface area contributed by atoms with Crippen LogP contribution in [0.2, 0.25) is 0 Å². The van der Waals surface area contributed by atoms with Gasteiger partial charge in [-0.05, 0) is 25.7 Å². The Kier molecular flexibility index (Phi) is 11.7. The van der Waals surface area contributed by atoms with E-state index in [1.54, 1.807) is 0 Å². The van der Waals surface area contributed by atoms with Gasteiger partial charge in [0.2, 0.25) is 0 Å². The standard InChI is InChI=1S/C14H26O2/c1-3-4-5-6-7-8-9-10-11-12-13-16-14(2)15/h5-6H,3-4,7-13H2,1-2H3/b6-5-. The molecule has 0 aromatic heterocycles. The van der Waals surface area contributed by atoms with Crippen molar-refractivity contribution < 1.29 is 9.53 Å². The molecule has 0 saturated carbocycles. The lowest BCUT2D eigenvalue weighted by atomic mass is 10.1. The van der Waals surface area contributed by atoms with Crippen LogP contribution < -0.4 is 0 Å². The molecule has 2 heteroatoms. The molecule has 2 nitrogen and oxygen atoms in total. The van der Waals surface area contributed by atoms with Gasteiger partial charge in [-0.1, -0.05) is 44.8 Å². The van der Waals surface area contributed by atoms with Crippen LogP contribution >= 0.6 is 0 Å². The fraction of sp³-hybridized carbons (Fsp3) is 0.786. The second kappa shape index (κ2) is 12.3. The molecular weight excluding hydrogens is 200 g/mol. The van der Waals surface area contributed by atoms with Gasteiger partial charge in [-0.15, -0.1) is 0 Å². The predicted octanol–water partition coefficient (Wildman–Crippen LogP) is 4.25. The molecular formula is C14H26O2. The zero-order chi connectivity index (χ0) is 12.1. The molecule has 0 unspecified atom stereocenters. The average Bonchev–Trinajstić information content (AvgIpc) is 2.25. The number of rotatable bonds is 10. The highest BCUT2D eigenvalue weighted by atomic mass is 16.5. The Bertz CT molecular complexity index is 185. The summed E-state index contributed by atoms with van der Waals surface area (Å²) < 4.78 is 4.86. The molecule has 0 amide bonds. The minimum absolute atomic E-state index is 0.166. The third-order valence-corrected chi connectivity index (χ3v) is 2.44. The highest BCUT2D eigenvalue weighted by molar-refractivity contribution is 5.65. The Morgan fingerprint density at radius 2 is 1.62 bits per heavy atom. The van der Waals surface area contributed by atoms with Gasteiger partial charge in [-0.2, -0.15) is 0 Å². The van der Waals surface area contributed by atoms with Gasteiger partial charge >= 0.3 is 5.97 Å². The molecule has 0 aliphatic carbocycles. The Labute approximate surface area is 100 Å². The van der Waals surface area contributed by atoms with Gasteiger partial charge < -0.3 is 4.74 Å². The number of allylic oxidation sites excluding steroid dienone is 2. The van der Waals surface area contributed by atoms with Crippen molar-refractivity contribution in [2.75, 3.05) is 6.61 Å². The molecule has 0 saturated heterocycles. The van der Waals surface area contributed by atoms with Crippen molar-refractivity contribution in [1.82, 2.24) is 0 Å². The van der Waals surface area contributed by atoms with Crippen LogP contribution in [0.4, 0.5) is 0 Å². The van der Waals surface area contributed by atoms with Crippen LogP contribution in [-0.4, -0.2) is 12.6 Å². The second-order valence-corrected chi connectivity index (χ2v) is 4.16. The van der Waals surface area contributed by atoms with E-state index in [1.807, 2.05) is 0 Å². The normalized spacial score (nSPS) is 10.9. The third-order valence-electron chi connectivity index (χ3n) is 2.44. The molecule has 0 spiro atoms. The summed E-state index contributed by atoms with van der Waals surface area (Å²) in [5.41, 5.74) is 0. The van der Waals surface area contributed by atoms with Gasteiger partial charge in [0.1, 0.15) is 0 Å². The fourth-order valence-electron chi connectivity index (χ4n) is 1.51. The number of carbonyl (C=O) groups excluding carboxylic acids is 1. The van der Waals surface area contributed by atoms with Crippen molar-refractivity contribution in [2.24, 2.45) is 0 Å². The van der Waals surface area contributed by atoms with Crippen molar-refractivity contribution >= 4 is 5.97 Å². The number of unbranched alkanes of at least 4 members (excludes halogenated alkanes) is 6. The van der Waals surface area contributed by atoms with Crippen molar-refractivity contribution in [3.63, 3.8) is 0 Å². The van der Waals surface area contributed by atoms with Crippen LogP contribution in [0.5, 0.6) is 0 Å². The van der Waals surface area contributed by atoms with Gasteiger partial charge in [0.25, 0.3) is 0 Å². The lowest BCUT2D eigenvalue weighted by molar-refractivity contribution is -0.141. The Morgan fingerprint density at radius 1 is 1.00 bits per heavy atom. The number of hydrogen-bond acceptors (Lipinski definition) is 2. The van der Waals surface area contributed by atoms with E-state index in [0.29, 0.717) is 6.61 Å². The summed E-state index contributed by atoms with van der Waals surface area (Å²) in [6, 6.07) is 0. The summed E-state index contributed by atoms with van der Waals surface area (Å²) in [5, 5.41) is 0. The maximum absolute atomic E-state index is 10.5. The first kappa shape index (κ1) is 15.2. The Morgan fingerprint density at radius 3 is 2.31 bits per heavy atom. The molecule has 0 heterocycles. The minimum atomic E-state index is -0.166. The first-order chi connectivity index (χ1) is 7.77. The van der Waals surface area contributed by atoms with E-state index in [0.717, 1.165) is 6.42 Å². The fourth-order valence-corrected chi connectivity index (χ4v) is 1.51. The van der Waals surface area contributed by atoms with E-state index < -0.39 is 0 Å². The smallest absolute Gasteiger partial charge is 0.302 e. The lowest BCUT2D eigenvalue weighted by Crippen LogP contribution is -1.99. The van der Waals surface area contributed by atoms with E-state index in [4.69, 9.17) is 4.74 Å². The quantitative estimate of drug-likeness (QED) is 0.316. The summed E-state index contributed by atoms with van der Waals surface area (Å²) in [5.74, 6) is -0.166. The molecule has 94 valence electrons. The SMILES string of the molecule is CCC/C=C\CCCCCCCOC(C)=O. The summed E-state index contributed by atoms with van der Waals surface area (Å²) in [6.07, 6.45) is 14.2. The molecule has 0 radical (unpaired) electrons. The molecule has 0 aromatic carbocycles. The summed E-state index contributed by atoms with van der Waals surface area (Å²) in [6.45, 7) is 4.25. The van der Waals surface area contributed by atoms with Crippen LogP contribution in [0, 0.1) is 0 Å². The largest absolute Gasteiger partial charge is 0.466 e. The highest BCUT2D eigenvalue weighted by Gasteiger charge is 1.93. The molecule has 0 atom stereocenters. The van der Waals surface area contributed by atoms with Crippen molar-refractivity contribution in [3.05, 3.63) is 12.2 Å². The average molecular weight is 226 g/mol. The molecule has 0 fully saturated rings. The molecule has 0 aliphatic heterocycles. The summed E-state index contributed by atoms with van der Waals surface area (Å²) in [7, 11) is 0. The summed E-state index contributed by atoms with van der Waals surface area (Å²) >= 11 is 0. The van der Waals surface area contributed by atoms with Crippen molar-refractivity contribution in [3.8, 4) is 0 Å². The van der Waals surface area contributed by atoms with E-state index in [2.05, 4.69) is 19.1 Å². The molecule has 0 aromatic rings. The van der Waals surface area contributed by atoms with Crippen LogP contribution in [0.25, 0.3) is 0 Å². The van der Waals surface area contributed by atoms with Gasteiger partial charge in [0.05, 0.1) is 6.61 Å². The van der Waals surface area contributed by atoms with Crippen LogP contribution in [0.1, 0.15) is 65.2 Å². The molecule has 0 aliphatic rings. The monoisotopic (exact) mass is 226 g/mol. The highest BCUT2D eigenvalue weighted by Crippen LogP contribution is 2.06.